The predicted molar refractivity (Wildman–Crippen MR) is 71.2 cm³/mol. The first-order chi connectivity index (χ1) is 8.61. The molecule has 1 heterocycles. The van der Waals surface area contributed by atoms with Crippen molar-refractivity contribution in [2.75, 3.05) is 19.7 Å². The second kappa shape index (κ2) is 6.00. The monoisotopic (exact) mass is 271 g/mol. The zero-order valence-electron chi connectivity index (χ0n) is 10.6. The summed E-state index contributed by atoms with van der Waals surface area (Å²) in [7, 11) is 0. The molecule has 18 heavy (non-hydrogen) atoms. The third kappa shape index (κ3) is 3.02. The molecular weight excluding hydrogens is 253 g/mol. The highest BCUT2D eigenvalue weighted by Crippen LogP contribution is 2.28. The lowest BCUT2D eigenvalue weighted by Gasteiger charge is -2.35. The standard InChI is InChI=1S/C14H19ClFNO/c1-10(12-2-3-14(16)13(15)8-12)17-6-4-11(9-18)5-7-17/h2-3,8,10-11,18H,4-7,9H2,1H3. The molecule has 0 amide bonds. The van der Waals surface area contributed by atoms with E-state index in [1.165, 1.54) is 6.07 Å². The fourth-order valence-electron chi connectivity index (χ4n) is 2.51. The van der Waals surface area contributed by atoms with Crippen molar-refractivity contribution in [2.45, 2.75) is 25.8 Å². The summed E-state index contributed by atoms with van der Waals surface area (Å²) < 4.78 is 13.1. The van der Waals surface area contributed by atoms with E-state index in [1.807, 2.05) is 0 Å². The normalized spacial score (nSPS) is 20.0. The van der Waals surface area contributed by atoms with E-state index in [9.17, 15) is 4.39 Å². The van der Waals surface area contributed by atoms with Crippen LogP contribution in [0.2, 0.25) is 5.02 Å². The van der Waals surface area contributed by atoms with Gasteiger partial charge in [0.1, 0.15) is 5.82 Å². The van der Waals surface area contributed by atoms with E-state index < -0.39 is 0 Å². The van der Waals surface area contributed by atoms with Gasteiger partial charge in [-0.3, -0.25) is 4.90 Å². The van der Waals surface area contributed by atoms with Gasteiger partial charge in [-0.1, -0.05) is 17.7 Å². The van der Waals surface area contributed by atoms with Crippen LogP contribution in [0.1, 0.15) is 31.4 Å². The summed E-state index contributed by atoms with van der Waals surface area (Å²) in [5.41, 5.74) is 1.05. The lowest BCUT2D eigenvalue weighted by atomic mass is 9.95. The molecule has 2 nitrogen and oxygen atoms in total. The zero-order chi connectivity index (χ0) is 13.1. The van der Waals surface area contributed by atoms with Crippen molar-refractivity contribution in [1.82, 2.24) is 4.90 Å². The van der Waals surface area contributed by atoms with Gasteiger partial charge in [0.15, 0.2) is 0 Å². The highest BCUT2D eigenvalue weighted by atomic mass is 35.5. The van der Waals surface area contributed by atoms with Gasteiger partial charge in [-0.15, -0.1) is 0 Å². The smallest absolute Gasteiger partial charge is 0.141 e. The molecule has 1 aliphatic heterocycles. The topological polar surface area (TPSA) is 23.5 Å². The van der Waals surface area contributed by atoms with Crippen LogP contribution in [-0.4, -0.2) is 29.7 Å². The largest absolute Gasteiger partial charge is 0.396 e. The number of aliphatic hydroxyl groups excluding tert-OH is 1. The fraction of sp³-hybridized carbons (Fsp3) is 0.571. The Hall–Kier alpha value is -0.640. The van der Waals surface area contributed by atoms with Gasteiger partial charge in [0.2, 0.25) is 0 Å². The van der Waals surface area contributed by atoms with Crippen LogP contribution in [0.25, 0.3) is 0 Å². The van der Waals surface area contributed by atoms with Gasteiger partial charge >= 0.3 is 0 Å². The third-order valence-electron chi connectivity index (χ3n) is 3.88. The number of aliphatic hydroxyl groups is 1. The molecule has 1 saturated heterocycles. The van der Waals surface area contributed by atoms with Crippen LogP contribution in [0.3, 0.4) is 0 Å². The molecule has 0 spiro atoms. The molecule has 0 bridgehead atoms. The average Bonchev–Trinajstić information content (AvgIpc) is 2.41. The molecule has 0 radical (unpaired) electrons. The Morgan fingerprint density at radius 1 is 1.44 bits per heavy atom. The maximum absolute atomic E-state index is 13.1. The molecule has 100 valence electrons. The van der Waals surface area contributed by atoms with Crippen LogP contribution < -0.4 is 0 Å². The van der Waals surface area contributed by atoms with Gasteiger partial charge in [0.05, 0.1) is 5.02 Å². The number of hydrogen-bond acceptors (Lipinski definition) is 2. The van der Waals surface area contributed by atoms with Crippen molar-refractivity contribution in [3.63, 3.8) is 0 Å². The lowest BCUT2D eigenvalue weighted by Crippen LogP contribution is -2.36. The van der Waals surface area contributed by atoms with E-state index in [1.54, 1.807) is 12.1 Å². The summed E-state index contributed by atoms with van der Waals surface area (Å²) in [5.74, 6) is 0.0665. The van der Waals surface area contributed by atoms with Crippen LogP contribution in [0.5, 0.6) is 0 Å². The van der Waals surface area contributed by atoms with Gasteiger partial charge in [-0.2, -0.15) is 0 Å². The number of nitrogens with zero attached hydrogens (tertiary/aromatic N) is 1. The second-order valence-corrected chi connectivity index (χ2v) is 5.42. The second-order valence-electron chi connectivity index (χ2n) is 5.01. The van der Waals surface area contributed by atoms with Gasteiger partial charge in [0.25, 0.3) is 0 Å². The van der Waals surface area contributed by atoms with E-state index in [0.29, 0.717) is 5.92 Å². The summed E-state index contributed by atoms with van der Waals surface area (Å²) in [6.07, 6.45) is 2.05. The van der Waals surface area contributed by atoms with Gasteiger partial charge in [-0.25, -0.2) is 4.39 Å². The average molecular weight is 272 g/mol. The molecule has 1 aromatic rings. The Kier molecular flexibility index (Phi) is 4.60. The van der Waals surface area contributed by atoms with E-state index in [-0.39, 0.29) is 23.5 Å². The minimum absolute atomic E-state index is 0.185. The maximum Gasteiger partial charge on any atom is 0.141 e. The van der Waals surface area contributed by atoms with Crippen molar-refractivity contribution >= 4 is 11.6 Å². The molecule has 1 aliphatic rings. The van der Waals surface area contributed by atoms with E-state index in [2.05, 4.69) is 11.8 Å². The summed E-state index contributed by atoms with van der Waals surface area (Å²) in [4.78, 5) is 2.36. The molecule has 0 saturated carbocycles. The quantitative estimate of drug-likeness (QED) is 0.912. The van der Waals surface area contributed by atoms with Crippen molar-refractivity contribution < 1.29 is 9.50 Å². The zero-order valence-corrected chi connectivity index (χ0v) is 11.3. The Bertz CT molecular complexity index is 405. The molecule has 1 fully saturated rings. The van der Waals surface area contributed by atoms with E-state index in [0.717, 1.165) is 31.5 Å². The van der Waals surface area contributed by atoms with Crippen LogP contribution in [0, 0.1) is 11.7 Å². The lowest BCUT2D eigenvalue weighted by molar-refractivity contribution is 0.106. The molecule has 2 rings (SSSR count). The molecule has 1 N–H and O–H groups in total. The molecule has 1 unspecified atom stereocenters. The predicted octanol–water partition coefficient (Wildman–Crippen LogP) is 3.24. The van der Waals surface area contributed by atoms with E-state index >= 15 is 0 Å². The molecule has 0 aliphatic carbocycles. The number of rotatable bonds is 3. The Morgan fingerprint density at radius 2 is 2.11 bits per heavy atom. The molecule has 0 aromatic heterocycles. The van der Waals surface area contributed by atoms with Crippen LogP contribution in [-0.2, 0) is 0 Å². The Labute approximate surface area is 112 Å². The summed E-state index contributed by atoms with van der Waals surface area (Å²) in [5, 5.41) is 9.31. The van der Waals surface area contributed by atoms with Crippen molar-refractivity contribution in [1.29, 1.82) is 0 Å². The summed E-state index contributed by atoms with van der Waals surface area (Å²) >= 11 is 5.82. The maximum atomic E-state index is 13.1. The van der Waals surface area contributed by atoms with Crippen LogP contribution in [0.4, 0.5) is 4.39 Å². The molecule has 1 atom stereocenters. The molecular formula is C14H19ClFNO. The number of halogens is 2. The Balaban J connectivity index is 2.03. The number of likely N-dealkylation sites (tertiary alicyclic amines) is 1. The van der Waals surface area contributed by atoms with E-state index in [4.69, 9.17) is 16.7 Å². The Morgan fingerprint density at radius 3 is 2.67 bits per heavy atom. The molecule has 4 heteroatoms. The highest BCUT2D eigenvalue weighted by Gasteiger charge is 2.23. The minimum Gasteiger partial charge on any atom is -0.396 e. The highest BCUT2D eigenvalue weighted by molar-refractivity contribution is 6.30. The van der Waals surface area contributed by atoms with Gasteiger partial charge < -0.3 is 5.11 Å². The SMILES string of the molecule is CC(c1ccc(F)c(Cl)c1)N1CCC(CO)CC1. The first-order valence-electron chi connectivity index (χ1n) is 6.41. The fourth-order valence-corrected chi connectivity index (χ4v) is 2.69. The summed E-state index contributed by atoms with van der Waals surface area (Å²) in [6.45, 7) is 4.34. The van der Waals surface area contributed by atoms with Gasteiger partial charge in [0, 0.05) is 12.6 Å². The van der Waals surface area contributed by atoms with Gasteiger partial charge in [-0.05, 0) is 56.5 Å². The number of piperidine rings is 1. The summed E-state index contributed by atoms with van der Waals surface area (Å²) in [6, 6.07) is 5.17. The minimum atomic E-state index is -0.369. The number of hydrogen-bond donors (Lipinski definition) is 1. The van der Waals surface area contributed by atoms with Crippen molar-refractivity contribution in [2.24, 2.45) is 5.92 Å². The number of benzene rings is 1. The first-order valence-corrected chi connectivity index (χ1v) is 6.79. The first kappa shape index (κ1) is 13.8. The van der Waals surface area contributed by atoms with Crippen LogP contribution in [0.15, 0.2) is 18.2 Å². The third-order valence-corrected chi connectivity index (χ3v) is 4.17. The molecule has 1 aromatic carbocycles. The van der Waals surface area contributed by atoms with Crippen LogP contribution >= 0.6 is 11.6 Å². The van der Waals surface area contributed by atoms with Crippen molar-refractivity contribution in [3.05, 3.63) is 34.6 Å². The van der Waals surface area contributed by atoms with Crippen molar-refractivity contribution in [3.8, 4) is 0 Å².